The highest BCUT2D eigenvalue weighted by Gasteiger charge is 2.12. The monoisotopic (exact) mass is 208 g/mol. The molecule has 1 atom stereocenters. The van der Waals surface area contributed by atoms with Gasteiger partial charge in [-0.1, -0.05) is 12.1 Å². The Bertz CT molecular complexity index is 358. The van der Waals surface area contributed by atoms with Crippen molar-refractivity contribution in [2.24, 2.45) is 5.92 Å². The fraction of sp³-hybridized carbons (Fsp3) is 0.417. The van der Waals surface area contributed by atoms with Gasteiger partial charge in [0.05, 0.1) is 5.92 Å². The van der Waals surface area contributed by atoms with Gasteiger partial charge in [0, 0.05) is 0 Å². The van der Waals surface area contributed by atoms with Crippen LogP contribution in [0.15, 0.2) is 18.2 Å². The maximum Gasteiger partial charge on any atom is 0.309 e. The number of carboxylic acids is 1. The Kier molecular flexibility index (Phi) is 3.72. The summed E-state index contributed by atoms with van der Waals surface area (Å²) < 4.78 is 5.46. The number of aryl methyl sites for hydroxylation is 2. The van der Waals surface area contributed by atoms with Gasteiger partial charge >= 0.3 is 5.97 Å². The van der Waals surface area contributed by atoms with Crippen LogP contribution >= 0.6 is 0 Å². The molecule has 0 amide bonds. The van der Waals surface area contributed by atoms with E-state index in [4.69, 9.17) is 9.84 Å². The normalized spacial score (nSPS) is 12.2. The maximum atomic E-state index is 10.6. The van der Waals surface area contributed by atoms with Gasteiger partial charge in [-0.15, -0.1) is 0 Å². The van der Waals surface area contributed by atoms with Crippen LogP contribution in [0.3, 0.4) is 0 Å². The molecule has 15 heavy (non-hydrogen) atoms. The zero-order valence-electron chi connectivity index (χ0n) is 9.28. The Morgan fingerprint density at radius 1 is 1.47 bits per heavy atom. The summed E-state index contributed by atoms with van der Waals surface area (Å²) in [5.74, 6) is -0.548. The van der Waals surface area contributed by atoms with E-state index in [1.807, 2.05) is 32.0 Å². The lowest BCUT2D eigenvalue weighted by molar-refractivity contribution is -0.142. The summed E-state index contributed by atoms with van der Waals surface area (Å²) in [6.45, 7) is 5.76. The molecule has 0 radical (unpaired) electrons. The lowest BCUT2D eigenvalue weighted by atomic mass is 10.1. The molecule has 0 aliphatic rings. The predicted molar refractivity (Wildman–Crippen MR) is 58.2 cm³/mol. The van der Waals surface area contributed by atoms with Crippen molar-refractivity contribution in [3.63, 3.8) is 0 Å². The Morgan fingerprint density at radius 2 is 2.13 bits per heavy atom. The minimum atomic E-state index is -0.833. The molecule has 0 heterocycles. The van der Waals surface area contributed by atoms with Gasteiger partial charge < -0.3 is 9.84 Å². The van der Waals surface area contributed by atoms with Crippen molar-refractivity contribution in [2.75, 3.05) is 6.61 Å². The molecular weight excluding hydrogens is 192 g/mol. The van der Waals surface area contributed by atoms with E-state index in [1.165, 1.54) is 0 Å². The van der Waals surface area contributed by atoms with Crippen LogP contribution in [-0.4, -0.2) is 17.7 Å². The molecule has 1 aromatic carbocycles. The number of benzene rings is 1. The number of carbonyl (C=O) groups is 1. The van der Waals surface area contributed by atoms with E-state index in [9.17, 15) is 4.79 Å². The molecule has 1 rings (SSSR count). The minimum absolute atomic E-state index is 0.208. The summed E-state index contributed by atoms with van der Waals surface area (Å²) in [4.78, 5) is 10.6. The largest absolute Gasteiger partial charge is 0.492 e. The second kappa shape index (κ2) is 4.82. The number of aliphatic carboxylic acids is 1. The zero-order chi connectivity index (χ0) is 11.4. The molecule has 0 aromatic heterocycles. The standard InChI is InChI=1S/C12H16O3/c1-8-4-5-9(2)11(6-8)15-7-10(3)12(13)14/h4-6,10H,7H2,1-3H3,(H,13,14). The number of carboxylic acid groups (broad SMARTS) is 1. The maximum absolute atomic E-state index is 10.6. The Labute approximate surface area is 89.7 Å². The fourth-order valence-corrected chi connectivity index (χ4v) is 1.15. The van der Waals surface area contributed by atoms with E-state index in [1.54, 1.807) is 6.92 Å². The Morgan fingerprint density at radius 3 is 2.73 bits per heavy atom. The Balaban J connectivity index is 2.65. The predicted octanol–water partition coefficient (Wildman–Crippen LogP) is 2.40. The summed E-state index contributed by atoms with van der Waals surface area (Å²) in [6.07, 6.45) is 0. The number of hydrogen-bond donors (Lipinski definition) is 1. The third-order valence-corrected chi connectivity index (χ3v) is 2.25. The van der Waals surface area contributed by atoms with Gasteiger partial charge in [-0.05, 0) is 38.0 Å². The fourth-order valence-electron chi connectivity index (χ4n) is 1.15. The first-order chi connectivity index (χ1) is 7.00. The van der Waals surface area contributed by atoms with Crippen molar-refractivity contribution in [3.05, 3.63) is 29.3 Å². The molecule has 0 saturated heterocycles. The first-order valence-corrected chi connectivity index (χ1v) is 4.93. The summed E-state index contributed by atoms with van der Waals surface area (Å²) >= 11 is 0. The molecular formula is C12H16O3. The van der Waals surface area contributed by atoms with Crippen LogP contribution in [0.4, 0.5) is 0 Å². The molecule has 1 N–H and O–H groups in total. The van der Waals surface area contributed by atoms with Crippen LogP contribution in [0, 0.1) is 19.8 Å². The van der Waals surface area contributed by atoms with Gasteiger partial charge in [-0.25, -0.2) is 0 Å². The van der Waals surface area contributed by atoms with Gasteiger partial charge in [0.15, 0.2) is 0 Å². The second-order valence-electron chi connectivity index (χ2n) is 3.82. The molecule has 0 aliphatic heterocycles. The highest BCUT2D eigenvalue weighted by Crippen LogP contribution is 2.19. The van der Waals surface area contributed by atoms with E-state index in [-0.39, 0.29) is 6.61 Å². The van der Waals surface area contributed by atoms with Crippen LogP contribution < -0.4 is 4.74 Å². The average molecular weight is 208 g/mol. The quantitative estimate of drug-likeness (QED) is 0.826. The molecule has 0 fully saturated rings. The molecule has 0 saturated carbocycles. The lowest BCUT2D eigenvalue weighted by Crippen LogP contribution is -2.18. The van der Waals surface area contributed by atoms with Crippen molar-refractivity contribution >= 4 is 5.97 Å². The van der Waals surface area contributed by atoms with Gasteiger partial charge in [0.1, 0.15) is 12.4 Å². The van der Waals surface area contributed by atoms with Crippen LogP contribution in [-0.2, 0) is 4.79 Å². The van der Waals surface area contributed by atoms with E-state index in [2.05, 4.69) is 0 Å². The SMILES string of the molecule is Cc1ccc(C)c(OCC(C)C(=O)O)c1. The zero-order valence-corrected chi connectivity index (χ0v) is 9.28. The van der Waals surface area contributed by atoms with Crippen molar-refractivity contribution < 1.29 is 14.6 Å². The third kappa shape index (κ3) is 3.27. The van der Waals surface area contributed by atoms with Crippen molar-refractivity contribution in [2.45, 2.75) is 20.8 Å². The van der Waals surface area contributed by atoms with Crippen molar-refractivity contribution in [1.82, 2.24) is 0 Å². The third-order valence-electron chi connectivity index (χ3n) is 2.25. The first kappa shape index (κ1) is 11.6. The van der Waals surface area contributed by atoms with Crippen molar-refractivity contribution in [1.29, 1.82) is 0 Å². The van der Waals surface area contributed by atoms with Crippen LogP contribution in [0.1, 0.15) is 18.1 Å². The number of ether oxygens (including phenoxy) is 1. The van der Waals surface area contributed by atoms with Gasteiger partial charge in [-0.2, -0.15) is 0 Å². The number of rotatable bonds is 4. The van der Waals surface area contributed by atoms with Crippen LogP contribution in [0.25, 0.3) is 0 Å². The summed E-state index contributed by atoms with van der Waals surface area (Å²) in [6, 6.07) is 5.89. The molecule has 1 aromatic rings. The van der Waals surface area contributed by atoms with Crippen LogP contribution in [0.5, 0.6) is 5.75 Å². The highest BCUT2D eigenvalue weighted by atomic mass is 16.5. The first-order valence-electron chi connectivity index (χ1n) is 4.93. The Hall–Kier alpha value is -1.51. The molecule has 3 heteroatoms. The molecule has 3 nitrogen and oxygen atoms in total. The van der Waals surface area contributed by atoms with E-state index < -0.39 is 11.9 Å². The van der Waals surface area contributed by atoms with Crippen LogP contribution in [0.2, 0.25) is 0 Å². The second-order valence-corrected chi connectivity index (χ2v) is 3.82. The topological polar surface area (TPSA) is 46.5 Å². The van der Waals surface area contributed by atoms with Gasteiger partial charge in [0.2, 0.25) is 0 Å². The minimum Gasteiger partial charge on any atom is -0.492 e. The van der Waals surface area contributed by atoms with Gasteiger partial charge in [0.25, 0.3) is 0 Å². The molecule has 1 unspecified atom stereocenters. The lowest BCUT2D eigenvalue weighted by Gasteiger charge is -2.11. The van der Waals surface area contributed by atoms with E-state index >= 15 is 0 Å². The molecule has 0 bridgehead atoms. The molecule has 0 spiro atoms. The smallest absolute Gasteiger partial charge is 0.309 e. The van der Waals surface area contributed by atoms with Crippen molar-refractivity contribution in [3.8, 4) is 5.75 Å². The highest BCUT2D eigenvalue weighted by molar-refractivity contribution is 5.69. The summed E-state index contributed by atoms with van der Waals surface area (Å²) in [5.41, 5.74) is 2.14. The number of hydrogen-bond acceptors (Lipinski definition) is 2. The van der Waals surface area contributed by atoms with Gasteiger partial charge in [-0.3, -0.25) is 4.79 Å². The molecule has 82 valence electrons. The summed E-state index contributed by atoms with van der Waals surface area (Å²) in [5, 5.41) is 8.70. The van der Waals surface area contributed by atoms with E-state index in [0.29, 0.717) is 0 Å². The van der Waals surface area contributed by atoms with E-state index in [0.717, 1.165) is 16.9 Å². The average Bonchev–Trinajstić information content (AvgIpc) is 2.18. The molecule has 0 aliphatic carbocycles. The summed E-state index contributed by atoms with van der Waals surface area (Å²) in [7, 11) is 0.